The van der Waals surface area contributed by atoms with Crippen LogP contribution in [0.15, 0.2) is 54.6 Å². The maximum absolute atomic E-state index is 11.9. The van der Waals surface area contributed by atoms with Gasteiger partial charge >= 0.3 is 0 Å². The number of carbonyl (C=O) groups is 2. The van der Waals surface area contributed by atoms with Crippen LogP contribution >= 0.6 is 0 Å². The third-order valence-corrected chi connectivity index (χ3v) is 3.38. The summed E-state index contributed by atoms with van der Waals surface area (Å²) in [4.78, 5) is 25.6. The maximum atomic E-state index is 11.9. The van der Waals surface area contributed by atoms with E-state index in [1.54, 1.807) is 31.4 Å². The van der Waals surface area contributed by atoms with Crippen LogP contribution in [0.4, 0.5) is 0 Å². The van der Waals surface area contributed by atoms with Crippen molar-refractivity contribution >= 4 is 11.8 Å². The number of nitrogens with one attached hydrogen (secondary N) is 2. The molecule has 2 amide bonds. The van der Waals surface area contributed by atoms with Crippen molar-refractivity contribution in [2.45, 2.75) is 6.54 Å². The second kappa shape index (κ2) is 8.69. The van der Waals surface area contributed by atoms with Gasteiger partial charge in [0.15, 0.2) is 0 Å². The number of benzene rings is 2. The van der Waals surface area contributed by atoms with Crippen molar-refractivity contribution < 1.29 is 14.3 Å². The van der Waals surface area contributed by atoms with Gasteiger partial charge in [0, 0.05) is 12.1 Å². The van der Waals surface area contributed by atoms with Crippen LogP contribution in [0.1, 0.15) is 15.9 Å². The second-order valence-electron chi connectivity index (χ2n) is 5.39. The molecule has 0 aliphatic rings. The zero-order valence-corrected chi connectivity index (χ0v) is 13.8. The fourth-order valence-corrected chi connectivity index (χ4v) is 2.17. The van der Waals surface area contributed by atoms with Gasteiger partial charge in [-0.15, -0.1) is 0 Å². The molecule has 2 N–H and O–H groups in total. The van der Waals surface area contributed by atoms with E-state index in [2.05, 4.69) is 10.9 Å². The average Bonchev–Trinajstić information content (AvgIpc) is 2.61. The van der Waals surface area contributed by atoms with Crippen LogP contribution in [0.2, 0.25) is 0 Å². The highest BCUT2D eigenvalue weighted by Crippen LogP contribution is 2.12. The summed E-state index contributed by atoms with van der Waals surface area (Å²) in [5, 5.41) is 0. The summed E-state index contributed by atoms with van der Waals surface area (Å²) in [7, 11) is 3.46. The Morgan fingerprint density at radius 3 is 2.29 bits per heavy atom. The highest BCUT2D eigenvalue weighted by atomic mass is 16.5. The maximum Gasteiger partial charge on any atom is 0.269 e. The van der Waals surface area contributed by atoms with Crippen molar-refractivity contribution in [2.75, 3.05) is 20.7 Å². The van der Waals surface area contributed by atoms with E-state index in [0.29, 0.717) is 12.1 Å². The molecule has 0 bridgehead atoms. The molecule has 0 atom stereocenters. The fraction of sp³-hybridized carbons (Fsp3) is 0.222. The van der Waals surface area contributed by atoms with Gasteiger partial charge in [-0.25, -0.2) is 0 Å². The van der Waals surface area contributed by atoms with E-state index in [1.165, 1.54) is 0 Å². The van der Waals surface area contributed by atoms with Crippen LogP contribution in [-0.2, 0) is 11.3 Å². The summed E-state index contributed by atoms with van der Waals surface area (Å²) >= 11 is 0. The summed E-state index contributed by atoms with van der Waals surface area (Å²) < 4.78 is 5.11. The third-order valence-electron chi connectivity index (χ3n) is 3.38. The van der Waals surface area contributed by atoms with Gasteiger partial charge in [-0.05, 0) is 36.9 Å². The number of amides is 2. The van der Waals surface area contributed by atoms with Gasteiger partial charge < -0.3 is 4.74 Å². The lowest BCUT2D eigenvalue weighted by molar-refractivity contribution is -0.122. The molecule has 0 aliphatic carbocycles. The number of rotatable bonds is 6. The summed E-state index contributed by atoms with van der Waals surface area (Å²) in [5.74, 6) is 0.167. The van der Waals surface area contributed by atoms with E-state index in [1.807, 2.05) is 42.3 Å². The van der Waals surface area contributed by atoms with Gasteiger partial charge in [0.05, 0.1) is 13.7 Å². The predicted octanol–water partition coefficient (Wildman–Crippen LogP) is 1.59. The highest BCUT2D eigenvalue weighted by molar-refractivity contribution is 5.95. The number of hydrogen-bond donors (Lipinski definition) is 2. The van der Waals surface area contributed by atoms with E-state index < -0.39 is 0 Å². The molecule has 126 valence electrons. The molecule has 6 heteroatoms. The fourth-order valence-electron chi connectivity index (χ4n) is 2.17. The van der Waals surface area contributed by atoms with E-state index in [4.69, 9.17) is 4.74 Å². The number of carbonyl (C=O) groups excluding carboxylic acids is 2. The van der Waals surface area contributed by atoms with Gasteiger partial charge in [-0.2, -0.15) is 0 Å². The van der Waals surface area contributed by atoms with E-state index >= 15 is 0 Å². The molecular weight excluding hydrogens is 306 g/mol. The Morgan fingerprint density at radius 1 is 1.00 bits per heavy atom. The quantitative estimate of drug-likeness (QED) is 0.791. The first kappa shape index (κ1) is 17.5. The molecule has 0 radical (unpaired) electrons. The zero-order chi connectivity index (χ0) is 17.4. The Morgan fingerprint density at radius 2 is 1.67 bits per heavy atom. The first-order valence-corrected chi connectivity index (χ1v) is 7.54. The molecule has 0 heterocycles. The summed E-state index contributed by atoms with van der Waals surface area (Å²) in [6.07, 6.45) is 0. The number of methoxy groups -OCH3 is 1. The summed E-state index contributed by atoms with van der Waals surface area (Å²) in [5.41, 5.74) is 6.38. The van der Waals surface area contributed by atoms with Gasteiger partial charge in [-0.3, -0.25) is 25.3 Å². The van der Waals surface area contributed by atoms with E-state index in [-0.39, 0.29) is 18.4 Å². The molecule has 2 aromatic carbocycles. The molecule has 0 unspecified atom stereocenters. The largest absolute Gasteiger partial charge is 0.497 e. The Bertz CT molecular complexity index is 672. The lowest BCUT2D eigenvalue weighted by Crippen LogP contribution is -2.45. The predicted molar refractivity (Wildman–Crippen MR) is 91.4 cm³/mol. The van der Waals surface area contributed by atoms with E-state index in [0.717, 1.165) is 11.3 Å². The van der Waals surface area contributed by atoms with Crippen molar-refractivity contribution in [3.63, 3.8) is 0 Å². The first-order chi connectivity index (χ1) is 11.6. The van der Waals surface area contributed by atoms with Gasteiger partial charge in [-0.1, -0.05) is 30.3 Å². The monoisotopic (exact) mass is 327 g/mol. The minimum Gasteiger partial charge on any atom is -0.497 e. The Labute approximate surface area is 141 Å². The van der Waals surface area contributed by atoms with Crippen molar-refractivity contribution in [1.82, 2.24) is 15.8 Å². The number of ether oxygens (including phenoxy) is 1. The minimum absolute atomic E-state index is 0.168. The highest BCUT2D eigenvalue weighted by Gasteiger charge is 2.09. The van der Waals surface area contributed by atoms with Crippen LogP contribution in [0, 0.1) is 0 Å². The Kier molecular flexibility index (Phi) is 6.33. The molecule has 24 heavy (non-hydrogen) atoms. The first-order valence-electron chi connectivity index (χ1n) is 7.54. The summed E-state index contributed by atoms with van der Waals surface area (Å²) in [6.45, 7) is 0.783. The SMILES string of the molecule is COc1ccc(CN(C)CC(=O)NNC(=O)c2ccccc2)cc1. The van der Waals surface area contributed by atoms with Crippen LogP contribution in [0.3, 0.4) is 0 Å². The molecule has 0 saturated carbocycles. The van der Waals surface area contributed by atoms with Crippen LogP contribution in [0.5, 0.6) is 5.75 Å². The Hall–Kier alpha value is -2.86. The second-order valence-corrected chi connectivity index (χ2v) is 5.39. The number of hydrogen-bond acceptors (Lipinski definition) is 4. The van der Waals surface area contributed by atoms with Crippen LogP contribution < -0.4 is 15.6 Å². The minimum atomic E-state index is -0.346. The molecule has 0 spiro atoms. The number of hydrazine groups is 1. The number of nitrogens with zero attached hydrogens (tertiary/aromatic N) is 1. The normalized spacial score (nSPS) is 10.3. The zero-order valence-electron chi connectivity index (χ0n) is 13.8. The molecule has 0 aromatic heterocycles. The van der Waals surface area contributed by atoms with Gasteiger partial charge in [0.25, 0.3) is 11.8 Å². The van der Waals surface area contributed by atoms with Gasteiger partial charge in [0.1, 0.15) is 5.75 Å². The van der Waals surface area contributed by atoms with E-state index in [9.17, 15) is 9.59 Å². The summed E-state index contributed by atoms with van der Waals surface area (Å²) in [6, 6.07) is 16.4. The molecular formula is C18H21N3O3. The van der Waals surface area contributed by atoms with Crippen molar-refractivity contribution in [3.05, 3.63) is 65.7 Å². The van der Waals surface area contributed by atoms with Crippen molar-refractivity contribution in [1.29, 1.82) is 0 Å². The van der Waals surface area contributed by atoms with Gasteiger partial charge in [0.2, 0.25) is 0 Å². The average molecular weight is 327 g/mol. The van der Waals surface area contributed by atoms with Crippen LogP contribution in [0.25, 0.3) is 0 Å². The smallest absolute Gasteiger partial charge is 0.269 e. The lowest BCUT2D eigenvalue weighted by atomic mass is 10.2. The van der Waals surface area contributed by atoms with Crippen LogP contribution in [-0.4, -0.2) is 37.4 Å². The molecule has 0 aliphatic heterocycles. The molecule has 2 aromatic rings. The molecule has 0 saturated heterocycles. The van der Waals surface area contributed by atoms with Crippen molar-refractivity contribution in [2.24, 2.45) is 0 Å². The Balaban J connectivity index is 1.75. The molecule has 6 nitrogen and oxygen atoms in total. The lowest BCUT2D eigenvalue weighted by Gasteiger charge is -2.16. The number of likely N-dealkylation sites (N-methyl/N-ethyl adjacent to an activating group) is 1. The van der Waals surface area contributed by atoms with Crippen molar-refractivity contribution in [3.8, 4) is 5.75 Å². The topological polar surface area (TPSA) is 70.7 Å². The third kappa shape index (κ3) is 5.40. The molecule has 2 rings (SSSR count). The standard InChI is InChI=1S/C18H21N3O3/c1-21(12-14-8-10-16(24-2)11-9-14)13-17(22)19-20-18(23)15-6-4-3-5-7-15/h3-11H,12-13H2,1-2H3,(H,19,22)(H,20,23). The molecule has 0 fully saturated rings.